The monoisotopic (exact) mass is 444 g/mol. The molecule has 1 aromatic carbocycles. The van der Waals surface area contributed by atoms with Crippen LogP contribution in [0.1, 0.15) is 29.9 Å². The van der Waals surface area contributed by atoms with Crippen LogP contribution in [-0.4, -0.2) is 41.5 Å². The molecule has 0 saturated carbocycles. The van der Waals surface area contributed by atoms with E-state index in [1.165, 1.54) is 18.3 Å². The highest BCUT2D eigenvalue weighted by molar-refractivity contribution is 7.91. The van der Waals surface area contributed by atoms with Gasteiger partial charge in [-0.2, -0.15) is 5.10 Å². The average molecular weight is 445 g/mol. The van der Waals surface area contributed by atoms with Crippen LogP contribution in [0.2, 0.25) is 0 Å². The van der Waals surface area contributed by atoms with Crippen molar-refractivity contribution < 1.29 is 18.0 Å². The van der Waals surface area contributed by atoms with E-state index in [0.717, 1.165) is 10.6 Å². The molecule has 0 unspecified atom stereocenters. The fourth-order valence-corrected chi connectivity index (χ4v) is 5.86. The molecule has 0 radical (unpaired) electrons. The fourth-order valence-electron chi connectivity index (χ4n) is 3.43. The maximum atomic E-state index is 12.8. The van der Waals surface area contributed by atoms with Crippen LogP contribution in [0.25, 0.3) is 10.6 Å². The number of amides is 2. The minimum atomic E-state index is -3.10. The first-order valence-corrected chi connectivity index (χ1v) is 12.0. The molecule has 1 fully saturated rings. The first-order valence-electron chi connectivity index (χ1n) is 9.33. The molecule has 10 heteroatoms. The first kappa shape index (κ1) is 20.3. The SMILES string of the molecule is CC(=O)Nc1cccc(NC(=O)c2cc(-c3cccs3)n([C@H]3CCS(=O)(=O)C3)n2)c1. The van der Waals surface area contributed by atoms with Crippen molar-refractivity contribution in [1.29, 1.82) is 0 Å². The van der Waals surface area contributed by atoms with E-state index in [4.69, 9.17) is 0 Å². The van der Waals surface area contributed by atoms with E-state index in [1.807, 2.05) is 17.5 Å². The number of anilines is 2. The fraction of sp³-hybridized carbons (Fsp3) is 0.250. The molecule has 2 aromatic heterocycles. The van der Waals surface area contributed by atoms with Gasteiger partial charge in [-0.15, -0.1) is 11.3 Å². The summed E-state index contributed by atoms with van der Waals surface area (Å²) < 4.78 is 25.6. The van der Waals surface area contributed by atoms with Gasteiger partial charge in [0.15, 0.2) is 15.5 Å². The van der Waals surface area contributed by atoms with Crippen LogP contribution in [0, 0.1) is 0 Å². The van der Waals surface area contributed by atoms with E-state index in [2.05, 4.69) is 15.7 Å². The zero-order valence-electron chi connectivity index (χ0n) is 16.2. The van der Waals surface area contributed by atoms with E-state index < -0.39 is 15.7 Å². The lowest BCUT2D eigenvalue weighted by atomic mass is 10.2. The molecule has 3 aromatic rings. The summed E-state index contributed by atoms with van der Waals surface area (Å²) in [7, 11) is -3.10. The van der Waals surface area contributed by atoms with Gasteiger partial charge in [-0.05, 0) is 42.1 Å². The largest absolute Gasteiger partial charge is 0.326 e. The summed E-state index contributed by atoms with van der Waals surface area (Å²) in [5.41, 5.74) is 2.01. The zero-order chi connectivity index (χ0) is 21.3. The predicted octanol–water partition coefficient (Wildman–Crippen LogP) is 3.18. The van der Waals surface area contributed by atoms with Gasteiger partial charge < -0.3 is 10.6 Å². The van der Waals surface area contributed by atoms with Crippen LogP contribution in [0.3, 0.4) is 0 Å². The van der Waals surface area contributed by atoms with Gasteiger partial charge in [-0.25, -0.2) is 8.42 Å². The van der Waals surface area contributed by atoms with Crippen molar-refractivity contribution in [3.8, 4) is 10.6 Å². The molecule has 1 aliphatic heterocycles. The zero-order valence-corrected chi connectivity index (χ0v) is 17.8. The number of benzene rings is 1. The third kappa shape index (κ3) is 4.44. The van der Waals surface area contributed by atoms with Crippen LogP contribution in [0.4, 0.5) is 11.4 Å². The number of thiophene rings is 1. The van der Waals surface area contributed by atoms with E-state index >= 15 is 0 Å². The van der Waals surface area contributed by atoms with Crippen LogP contribution in [0.15, 0.2) is 47.8 Å². The van der Waals surface area contributed by atoms with Gasteiger partial charge >= 0.3 is 0 Å². The Morgan fingerprint density at radius 2 is 1.90 bits per heavy atom. The van der Waals surface area contributed by atoms with Crippen molar-refractivity contribution in [1.82, 2.24) is 9.78 Å². The lowest BCUT2D eigenvalue weighted by Gasteiger charge is -2.12. The van der Waals surface area contributed by atoms with E-state index in [1.54, 1.807) is 35.0 Å². The molecular weight excluding hydrogens is 424 g/mol. The number of aromatic nitrogens is 2. The van der Waals surface area contributed by atoms with Gasteiger partial charge in [0.2, 0.25) is 5.91 Å². The van der Waals surface area contributed by atoms with Crippen molar-refractivity contribution in [3.63, 3.8) is 0 Å². The molecule has 1 aliphatic rings. The van der Waals surface area contributed by atoms with Gasteiger partial charge in [0.05, 0.1) is 28.1 Å². The Labute approximate surface area is 177 Å². The van der Waals surface area contributed by atoms with Gasteiger partial charge in [0.25, 0.3) is 5.91 Å². The van der Waals surface area contributed by atoms with Crippen molar-refractivity contribution in [2.24, 2.45) is 0 Å². The molecule has 0 spiro atoms. The molecule has 1 atom stereocenters. The Bertz CT molecular complexity index is 1200. The quantitative estimate of drug-likeness (QED) is 0.628. The summed E-state index contributed by atoms with van der Waals surface area (Å²) in [5.74, 6) is -0.470. The number of carbonyl (C=O) groups is 2. The molecule has 2 amide bonds. The summed E-state index contributed by atoms with van der Waals surface area (Å²) in [5, 5.41) is 11.8. The lowest BCUT2D eigenvalue weighted by Crippen LogP contribution is -2.16. The Morgan fingerprint density at radius 3 is 2.53 bits per heavy atom. The second kappa shape index (κ2) is 8.04. The number of carbonyl (C=O) groups excluding carboxylic acids is 2. The van der Waals surface area contributed by atoms with Crippen LogP contribution < -0.4 is 10.6 Å². The Kier molecular flexibility index (Phi) is 5.44. The second-order valence-corrected chi connectivity index (χ2v) is 10.3. The summed E-state index contributed by atoms with van der Waals surface area (Å²) in [4.78, 5) is 25.0. The number of sulfone groups is 1. The number of nitrogens with zero attached hydrogens (tertiary/aromatic N) is 2. The maximum absolute atomic E-state index is 12.8. The molecule has 0 aliphatic carbocycles. The number of rotatable bonds is 5. The van der Waals surface area contributed by atoms with Crippen molar-refractivity contribution in [2.45, 2.75) is 19.4 Å². The van der Waals surface area contributed by atoms with Crippen LogP contribution in [-0.2, 0) is 14.6 Å². The summed E-state index contributed by atoms with van der Waals surface area (Å²) >= 11 is 1.50. The maximum Gasteiger partial charge on any atom is 0.276 e. The van der Waals surface area contributed by atoms with E-state index in [0.29, 0.717) is 17.8 Å². The first-order chi connectivity index (χ1) is 14.3. The van der Waals surface area contributed by atoms with E-state index in [9.17, 15) is 18.0 Å². The molecular formula is C20H20N4O4S2. The Hall–Kier alpha value is -2.98. The minimum absolute atomic E-state index is 0.0207. The summed E-state index contributed by atoms with van der Waals surface area (Å²) in [6, 6.07) is 12.0. The molecule has 3 heterocycles. The van der Waals surface area contributed by atoms with Crippen molar-refractivity contribution in [2.75, 3.05) is 22.1 Å². The van der Waals surface area contributed by atoms with Crippen molar-refractivity contribution in [3.05, 3.63) is 53.5 Å². The van der Waals surface area contributed by atoms with Gasteiger partial charge in [0.1, 0.15) is 0 Å². The van der Waals surface area contributed by atoms with Gasteiger partial charge in [-0.3, -0.25) is 14.3 Å². The average Bonchev–Trinajstić information content (AvgIpc) is 3.39. The van der Waals surface area contributed by atoms with Gasteiger partial charge in [-0.1, -0.05) is 12.1 Å². The molecule has 2 N–H and O–H groups in total. The molecule has 30 heavy (non-hydrogen) atoms. The third-order valence-electron chi connectivity index (χ3n) is 4.74. The van der Waals surface area contributed by atoms with E-state index in [-0.39, 0.29) is 29.1 Å². The number of hydrogen-bond acceptors (Lipinski definition) is 6. The van der Waals surface area contributed by atoms with Crippen LogP contribution >= 0.6 is 11.3 Å². The molecule has 4 rings (SSSR count). The standard InChI is InChI=1S/C20H20N4O4S2/c1-13(25)21-14-4-2-5-15(10-14)22-20(26)17-11-18(19-6-3-8-29-19)24(23-17)16-7-9-30(27,28)12-16/h2-6,8,10-11,16H,7,9,12H2,1H3,(H,21,25)(H,22,26)/t16-/m0/s1. The highest BCUT2D eigenvalue weighted by Gasteiger charge is 2.32. The normalized spacial score (nSPS) is 17.6. The Morgan fingerprint density at radius 1 is 1.13 bits per heavy atom. The minimum Gasteiger partial charge on any atom is -0.326 e. The number of nitrogens with one attached hydrogen (secondary N) is 2. The van der Waals surface area contributed by atoms with Gasteiger partial charge in [0, 0.05) is 18.3 Å². The second-order valence-electron chi connectivity index (χ2n) is 7.11. The Balaban J connectivity index is 1.62. The van der Waals surface area contributed by atoms with Crippen molar-refractivity contribution >= 4 is 44.4 Å². The highest BCUT2D eigenvalue weighted by atomic mass is 32.2. The summed E-state index contributed by atoms with van der Waals surface area (Å²) in [6.45, 7) is 1.41. The topological polar surface area (TPSA) is 110 Å². The molecule has 1 saturated heterocycles. The molecule has 0 bridgehead atoms. The lowest BCUT2D eigenvalue weighted by molar-refractivity contribution is -0.114. The number of hydrogen-bond donors (Lipinski definition) is 2. The molecule has 8 nitrogen and oxygen atoms in total. The highest BCUT2D eigenvalue weighted by Crippen LogP contribution is 2.32. The smallest absolute Gasteiger partial charge is 0.276 e. The van der Waals surface area contributed by atoms with Crippen LogP contribution in [0.5, 0.6) is 0 Å². The molecule has 156 valence electrons. The third-order valence-corrected chi connectivity index (χ3v) is 7.38. The predicted molar refractivity (Wildman–Crippen MR) is 117 cm³/mol. The summed E-state index contributed by atoms with van der Waals surface area (Å²) in [6.07, 6.45) is 0.474.